The van der Waals surface area contributed by atoms with Crippen molar-refractivity contribution in [3.63, 3.8) is 0 Å². The molecule has 1 N–H and O–H groups in total. The van der Waals surface area contributed by atoms with Gasteiger partial charge in [0, 0.05) is 18.1 Å². The predicted octanol–water partition coefficient (Wildman–Crippen LogP) is 0.533. The Balaban J connectivity index is 1.54. The smallest absolute Gasteiger partial charge is 0.251 e. The van der Waals surface area contributed by atoms with Crippen LogP contribution >= 0.6 is 0 Å². The summed E-state index contributed by atoms with van der Waals surface area (Å²) in [4.78, 5) is 14.6. The molecule has 2 bridgehead atoms. The predicted molar refractivity (Wildman–Crippen MR) is 70.9 cm³/mol. The van der Waals surface area contributed by atoms with Crippen molar-refractivity contribution in [2.24, 2.45) is 0 Å². The summed E-state index contributed by atoms with van der Waals surface area (Å²) in [7, 11) is 2.23. The molecule has 19 heavy (non-hydrogen) atoms. The van der Waals surface area contributed by atoms with E-state index in [1.54, 1.807) is 0 Å². The molecule has 1 amide bonds. The number of carbonyl (C=O) groups excluding carboxylic acids is 1. The summed E-state index contributed by atoms with van der Waals surface area (Å²) < 4.78 is 10.7. The SMILES string of the molecule is CN1[C@H]2CCC[C@H]1CC(NC(=O)[C@H]1COCCO1)C2. The molecule has 0 radical (unpaired) electrons. The number of hydrogen-bond acceptors (Lipinski definition) is 4. The van der Waals surface area contributed by atoms with Gasteiger partial charge in [-0.15, -0.1) is 0 Å². The van der Waals surface area contributed by atoms with E-state index in [4.69, 9.17) is 9.47 Å². The number of piperidine rings is 2. The van der Waals surface area contributed by atoms with E-state index < -0.39 is 6.10 Å². The van der Waals surface area contributed by atoms with Crippen LogP contribution in [0.1, 0.15) is 32.1 Å². The summed E-state index contributed by atoms with van der Waals surface area (Å²) in [6.07, 6.45) is 5.61. The van der Waals surface area contributed by atoms with Crippen LogP contribution in [0.5, 0.6) is 0 Å². The standard InChI is InChI=1S/C14H24N2O3/c1-16-11-3-2-4-12(16)8-10(7-11)15-14(17)13-9-18-5-6-19-13/h10-13H,2-9H2,1H3,(H,15,17)/t11-,12-,13+/m0/s1. The highest BCUT2D eigenvalue weighted by Crippen LogP contribution is 2.32. The zero-order chi connectivity index (χ0) is 13.2. The van der Waals surface area contributed by atoms with E-state index >= 15 is 0 Å². The number of amides is 1. The molecule has 0 saturated carbocycles. The first-order chi connectivity index (χ1) is 9.24. The molecule has 0 unspecified atom stereocenters. The van der Waals surface area contributed by atoms with Crippen molar-refractivity contribution >= 4 is 5.91 Å². The fourth-order valence-electron chi connectivity index (χ4n) is 3.67. The molecule has 3 aliphatic heterocycles. The Labute approximate surface area is 114 Å². The number of hydrogen-bond donors (Lipinski definition) is 1. The average molecular weight is 268 g/mol. The second kappa shape index (κ2) is 5.77. The molecule has 5 heteroatoms. The number of nitrogens with one attached hydrogen (secondary N) is 1. The molecule has 0 aromatic rings. The summed E-state index contributed by atoms with van der Waals surface area (Å²) in [5.41, 5.74) is 0. The van der Waals surface area contributed by atoms with E-state index in [-0.39, 0.29) is 5.91 Å². The molecule has 0 aromatic heterocycles. The Hall–Kier alpha value is -0.650. The van der Waals surface area contributed by atoms with E-state index in [1.807, 2.05) is 0 Å². The molecule has 3 rings (SSSR count). The van der Waals surface area contributed by atoms with Gasteiger partial charge in [-0.1, -0.05) is 6.42 Å². The largest absolute Gasteiger partial charge is 0.376 e. The molecule has 3 heterocycles. The summed E-state index contributed by atoms with van der Waals surface area (Å²) >= 11 is 0. The molecule has 0 aliphatic carbocycles. The molecular formula is C14H24N2O3. The number of fused-ring (bicyclic) bond motifs is 2. The van der Waals surface area contributed by atoms with E-state index in [9.17, 15) is 4.79 Å². The zero-order valence-electron chi connectivity index (χ0n) is 11.6. The Bertz CT molecular complexity index is 317. The van der Waals surface area contributed by atoms with Crippen LogP contribution in [0.25, 0.3) is 0 Å². The normalized spacial score (nSPS) is 39.8. The van der Waals surface area contributed by atoms with Crippen molar-refractivity contribution in [1.29, 1.82) is 0 Å². The molecule has 108 valence electrons. The molecule has 0 spiro atoms. The summed E-state index contributed by atoms with van der Waals surface area (Å²) in [5, 5.41) is 3.17. The molecule has 0 aromatic carbocycles. The lowest BCUT2D eigenvalue weighted by molar-refractivity contribution is -0.148. The summed E-state index contributed by atoms with van der Waals surface area (Å²) in [6.45, 7) is 1.52. The third-order valence-corrected chi connectivity index (χ3v) is 4.79. The first kappa shape index (κ1) is 13.3. The second-order valence-corrected chi connectivity index (χ2v) is 6.02. The van der Waals surface area contributed by atoms with E-state index in [1.165, 1.54) is 19.3 Å². The van der Waals surface area contributed by atoms with Gasteiger partial charge in [0.2, 0.25) is 0 Å². The summed E-state index contributed by atoms with van der Waals surface area (Å²) in [5.74, 6) is 0.00678. The molecular weight excluding hydrogens is 244 g/mol. The maximum atomic E-state index is 12.1. The number of ether oxygens (including phenoxy) is 2. The molecule has 3 atom stereocenters. The Morgan fingerprint density at radius 3 is 2.58 bits per heavy atom. The van der Waals surface area contributed by atoms with Crippen LogP contribution in [0.4, 0.5) is 0 Å². The van der Waals surface area contributed by atoms with Gasteiger partial charge in [-0.05, 0) is 32.7 Å². The quantitative estimate of drug-likeness (QED) is 0.794. The third-order valence-electron chi connectivity index (χ3n) is 4.79. The van der Waals surface area contributed by atoms with Crippen molar-refractivity contribution < 1.29 is 14.3 Å². The highest BCUT2D eigenvalue weighted by molar-refractivity contribution is 5.81. The van der Waals surface area contributed by atoms with Crippen LogP contribution in [-0.2, 0) is 14.3 Å². The van der Waals surface area contributed by atoms with Crippen molar-refractivity contribution in [2.45, 2.75) is 56.3 Å². The van der Waals surface area contributed by atoms with Crippen LogP contribution in [0.3, 0.4) is 0 Å². The van der Waals surface area contributed by atoms with Crippen molar-refractivity contribution in [3.8, 4) is 0 Å². The second-order valence-electron chi connectivity index (χ2n) is 6.02. The maximum Gasteiger partial charge on any atom is 0.251 e. The van der Waals surface area contributed by atoms with Gasteiger partial charge in [0.15, 0.2) is 6.10 Å². The molecule has 5 nitrogen and oxygen atoms in total. The Morgan fingerprint density at radius 1 is 1.21 bits per heavy atom. The van der Waals surface area contributed by atoms with Gasteiger partial charge in [0.1, 0.15) is 0 Å². The van der Waals surface area contributed by atoms with Crippen molar-refractivity contribution in [2.75, 3.05) is 26.9 Å². The van der Waals surface area contributed by atoms with Gasteiger partial charge in [-0.25, -0.2) is 0 Å². The van der Waals surface area contributed by atoms with Gasteiger partial charge in [-0.2, -0.15) is 0 Å². The Kier molecular flexibility index (Phi) is 4.05. The molecule has 3 fully saturated rings. The minimum absolute atomic E-state index is 0.00678. The van der Waals surface area contributed by atoms with Crippen LogP contribution < -0.4 is 5.32 Å². The fourth-order valence-corrected chi connectivity index (χ4v) is 3.67. The van der Waals surface area contributed by atoms with Crippen molar-refractivity contribution in [1.82, 2.24) is 10.2 Å². The maximum absolute atomic E-state index is 12.1. The lowest BCUT2D eigenvalue weighted by Gasteiger charge is -2.47. The fraction of sp³-hybridized carbons (Fsp3) is 0.929. The van der Waals surface area contributed by atoms with Gasteiger partial charge in [0.05, 0.1) is 19.8 Å². The topological polar surface area (TPSA) is 50.8 Å². The number of nitrogens with zero attached hydrogens (tertiary/aromatic N) is 1. The Morgan fingerprint density at radius 2 is 1.95 bits per heavy atom. The van der Waals surface area contributed by atoms with E-state index in [0.717, 1.165) is 12.8 Å². The zero-order valence-corrected chi connectivity index (χ0v) is 11.6. The van der Waals surface area contributed by atoms with Crippen LogP contribution in [0.15, 0.2) is 0 Å². The first-order valence-electron chi connectivity index (χ1n) is 7.45. The van der Waals surface area contributed by atoms with Gasteiger partial charge in [0.25, 0.3) is 5.91 Å². The minimum Gasteiger partial charge on any atom is -0.376 e. The lowest BCUT2D eigenvalue weighted by Crippen LogP contribution is -2.57. The van der Waals surface area contributed by atoms with Gasteiger partial charge < -0.3 is 19.7 Å². The van der Waals surface area contributed by atoms with E-state index in [2.05, 4.69) is 17.3 Å². The summed E-state index contributed by atoms with van der Waals surface area (Å²) in [6, 6.07) is 1.59. The van der Waals surface area contributed by atoms with Gasteiger partial charge >= 0.3 is 0 Å². The van der Waals surface area contributed by atoms with Crippen LogP contribution in [-0.4, -0.2) is 61.9 Å². The third kappa shape index (κ3) is 2.93. The van der Waals surface area contributed by atoms with Crippen LogP contribution in [0, 0.1) is 0 Å². The number of carbonyl (C=O) groups is 1. The van der Waals surface area contributed by atoms with Crippen LogP contribution in [0.2, 0.25) is 0 Å². The monoisotopic (exact) mass is 268 g/mol. The highest BCUT2D eigenvalue weighted by atomic mass is 16.6. The van der Waals surface area contributed by atoms with E-state index in [0.29, 0.717) is 37.9 Å². The lowest BCUT2D eigenvalue weighted by atomic mass is 9.82. The van der Waals surface area contributed by atoms with Crippen molar-refractivity contribution in [3.05, 3.63) is 0 Å². The molecule has 3 aliphatic rings. The average Bonchev–Trinajstić information content (AvgIpc) is 2.41. The first-order valence-corrected chi connectivity index (χ1v) is 7.45. The van der Waals surface area contributed by atoms with Gasteiger partial charge in [-0.3, -0.25) is 4.79 Å². The minimum atomic E-state index is -0.409. The molecule has 3 saturated heterocycles. The number of rotatable bonds is 2. The highest BCUT2D eigenvalue weighted by Gasteiger charge is 2.37.